The second kappa shape index (κ2) is 11.8. The number of fused-ring (bicyclic) bond motifs is 4. The zero-order valence-electron chi connectivity index (χ0n) is 23.0. The Morgan fingerprint density at radius 2 is 1.71 bits per heavy atom. The molecule has 1 radical (unpaired) electrons. The predicted octanol–water partition coefficient (Wildman–Crippen LogP) is 8.30. The number of allylic oxidation sites excluding steroid dienone is 2. The fraction of sp³-hybridized carbons (Fsp3) is 0.250. The van der Waals surface area contributed by atoms with Gasteiger partial charge in [0.25, 0.3) is 0 Å². The number of hydrogen-bond donors (Lipinski definition) is 1. The number of carbonyl (C=O) groups excluding carboxylic acids is 1. The van der Waals surface area contributed by atoms with Gasteiger partial charge in [-0.05, 0) is 31.9 Å². The molecule has 0 bridgehead atoms. The van der Waals surface area contributed by atoms with Crippen molar-refractivity contribution in [2.24, 2.45) is 0 Å². The minimum atomic E-state index is -1.40. The number of hydrogen-bond acceptors (Lipinski definition) is 4. The van der Waals surface area contributed by atoms with E-state index in [0.29, 0.717) is 5.92 Å². The average molecular weight is 701 g/mol. The molecule has 0 fully saturated rings. The molecule has 1 N–H and O–H groups in total. The predicted molar refractivity (Wildman–Crippen MR) is 157 cm³/mol. The smallest absolute Gasteiger partial charge is 0.155 e. The molecule has 2 heterocycles. The van der Waals surface area contributed by atoms with Gasteiger partial charge in [-0.25, -0.2) is 0 Å². The third-order valence-electron chi connectivity index (χ3n) is 6.35. The van der Waals surface area contributed by atoms with E-state index in [0.717, 1.165) is 33.2 Å². The van der Waals surface area contributed by atoms with Gasteiger partial charge in [-0.15, -0.1) is 29.1 Å². The Hall–Kier alpha value is -3.05. The zero-order chi connectivity index (χ0) is 26.9. The van der Waals surface area contributed by atoms with E-state index in [1.807, 2.05) is 6.20 Å². The fourth-order valence-electron chi connectivity index (χ4n) is 4.52. The van der Waals surface area contributed by atoms with Crippen LogP contribution < -0.4 is 5.19 Å². The topological polar surface area (TPSA) is 63.3 Å². The molecule has 0 aliphatic rings. The third-order valence-corrected chi connectivity index (χ3v) is 8.39. The van der Waals surface area contributed by atoms with E-state index in [9.17, 15) is 4.79 Å². The van der Waals surface area contributed by atoms with Crippen LogP contribution in [0.3, 0.4) is 0 Å². The zero-order valence-corrected chi connectivity index (χ0v) is 26.4. The number of aliphatic hydroxyl groups is 1. The number of aliphatic hydroxyl groups excluding tert-OH is 1. The molecule has 0 saturated heterocycles. The van der Waals surface area contributed by atoms with Crippen LogP contribution >= 0.6 is 0 Å². The van der Waals surface area contributed by atoms with Crippen molar-refractivity contribution < 1.29 is 34.4 Å². The maximum absolute atomic E-state index is 10.0. The van der Waals surface area contributed by atoms with Gasteiger partial charge in [-0.3, -0.25) is 9.78 Å². The molecule has 2 aromatic heterocycles. The average Bonchev–Trinajstić information content (AvgIpc) is 3.20. The molecule has 4 nitrogen and oxygen atoms in total. The van der Waals surface area contributed by atoms with E-state index >= 15 is 0 Å². The molecule has 0 unspecified atom stereocenters. The van der Waals surface area contributed by atoms with Crippen molar-refractivity contribution in [2.75, 3.05) is 0 Å². The van der Waals surface area contributed by atoms with Gasteiger partial charge >= 0.3 is 0 Å². The van der Waals surface area contributed by atoms with E-state index < -0.39 is 8.07 Å². The summed E-state index contributed by atoms with van der Waals surface area (Å²) in [7, 11) is -1.40. The molecular formula is C32H34IrNO3Si-. The van der Waals surface area contributed by atoms with E-state index in [2.05, 4.69) is 94.2 Å². The van der Waals surface area contributed by atoms with Crippen LogP contribution in [-0.2, 0) is 24.9 Å². The van der Waals surface area contributed by atoms with Crippen molar-refractivity contribution in [2.45, 2.75) is 53.3 Å². The largest absolute Gasteiger partial charge is 0.512 e. The summed E-state index contributed by atoms with van der Waals surface area (Å²) in [4.78, 5) is 14.8. The molecule has 0 spiro atoms. The molecule has 0 aliphatic heterocycles. The Balaban J connectivity index is 0.000000444. The first-order chi connectivity index (χ1) is 17.5. The molecule has 5 aromatic rings. The van der Waals surface area contributed by atoms with Crippen molar-refractivity contribution in [1.29, 1.82) is 0 Å². The van der Waals surface area contributed by atoms with Gasteiger partial charge in [0.05, 0.1) is 13.8 Å². The first kappa shape index (κ1) is 29.5. The normalized spacial score (nSPS) is 11.9. The number of furan rings is 1. The van der Waals surface area contributed by atoms with Gasteiger partial charge in [0, 0.05) is 48.8 Å². The van der Waals surface area contributed by atoms with Crippen LogP contribution in [-0.4, -0.2) is 23.9 Å². The van der Waals surface area contributed by atoms with Crippen LogP contribution in [0.1, 0.15) is 39.2 Å². The number of aromatic nitrogens is 1. The summed E-state index contributed by atoms with van der Waals surface area (Å²) in [5, 5.41) is 14.5. The van der Waals surface area contributed by atoms with E-state index in [-0.39, 0.29) is 31.6 Å². The molecule has 0 atom stereocenters. The van der Waals surface area contributed by atoms with Crippen molar-refractivity contribution >= 4 is 51.8 Å². The number of pyridine rings is 1. The number of rotatable bonds is 4. The summed E-state index contributed by atoms with van der Waals surface area (Å²) in [6.45, 7) is 14.4. The van der Waals surface area contributed by atoms with Gasteiger partial charge in [0.2, 0.25) is 0 Å². The summed E-state index contributed by atoms with van der Waals surface area (Å²) in [6, 6.07) is 23.0. The van der Waals surface area contributed by atoms with Crippen LogP contribution in [0.15, 0.2) is 77.0 Å². The molecule has 0 aliphatic carbocycles. The van der Waals surface area contributed by atoms with Crippen molar-refractivity contribution in [3.8, 4) is 11.3 Å². The number of benzene rings is 3. The van der Waals surface area contributed by atoms with Crippen LogP contribution in [0, 0.1) is 6.07 Å². The van der Waals surface area contributed by atoms with Gasteiger partial charge in [0.15, 0.2) is 5.78 Å². The maximum atomic E-state index is 10.0. The molecule has 199 valence electrons. The standard InChI is InChI=1S/C27H26NOSi.C5H8O2.Ir/c1-17(2)23-15-19(14-18-8-6-7-9-21(18)23)26-27-22(12-13-28-26)24-16-20(30(3,4)5)10-11-25(24)29-27;1-4(6)3-5(2)7;/h6-13,15-17H,1-5H3;3,6H,1-2H3;/q-1;;/b;4-3-;. The first-order valence-electron chi connectivity index (χ1n) is 12.6. The second-order valence-electron chi connectivity index (χ2n) is 10.8. The van der Waals surface area contributed by atoms with Crippen LogP contribution in [0.4, 0.5) is 0 Å². The summed E-state index contributed by atoms with van der Waals surface area (Å²) < 4.78 is 6.35. The molecule has 0 saturated carbocycles. The van der Waals surface area contributed by atoms with Gasteiger partial charge < -0.3 is 9.52 Å². The SMILES string of the molecule is CC(=O)/C=C(/C)O.CC(C)c1cc(-c2nccc3c2oc2ccc([Si](C)(C)C)cc23)[c-]c2ccccc12.[Ir]. The summed E-state index contributed by atoms with van der Waals surface area (Å²) >= 11 is 0. The summed E-state index contributed by atoms with van der Waals surface area (Å²) in [5.74, 6) is 0.352. The van der Waals surface area contributed by atoms with Crippen molar-refractivity contribution in [3.63, 3.8) is 0 Å². The minimum Gasteiger partial charge on any atom is -0.512 e. The molecule has 3 aromatic carbocycles. The van der Waals surface area contributed by atoms with Gasteiger partial charge in [-0.1, -0.05) is 80.0 Å². The van der Waals surface area contributed by atoms with Gasteiger partial charge in [0.1, 0.15) is 11.2 Å². The number of carbonyl (C=O) groups is 1. The fourth-order valence-corrected chi connectivity index (χ4v) is 5.68. The minimum absolute atomic E-state index is 0. The van der Waals surface area contributed by atoms with Crippen LogP contribution in [0.25, 0.3) is 44.0 Å². The number of ketones is 1. The van der Waals surface area contributed by atoms with E-state index in [1.54, 1.807) is 0 Å². The Kier molecular flexibility index (Phi) is 9.14. The quantitative estimate of drug-likeness (QED) is 0.0887. The summed E-state index contributed by atoms with van der Waals surface area (Å²) in [5.41, 5.74) is 4.95. The Labute approximate surface area is 239 Å². The Morgan fingerprint density at radius 1 is 1.00 bits per heavy atom. The Morgan fingerprint density at radius 3 is 2.32 bits per heavy atom. The Bertz CT molecular complexity index is 1640. The maximum Gasteiger partial charge on any atom is 0.155 e. The molecule has 5 rings (SSSR count). The van der Waals surface area contributed by atoms with E-state index in [1.165, 1.54) is 41.4 Å². The van der Waals surface area contributed by atoms with Crippen LogP contribution in [0.2, 0.25) is 19.6 Å². The molecular weight excluding hydrogens is 667 g/mol. The molecule has 6 heteroatoms. The monoisotopic (exact) mass is 701 g/mol. The van der Waals surface area contributed by atoms with Crippen molar-refractivity contribution in [1.82, 2.24) is 4.98 Å². The second-order valence-corrected chi connectivity index (χ2v) is 15.9. The molecule has 0 amide bonds. The van der Waals surface area contributed by atoms with Crippen LogP contribution in [0.5, 0.6) is 0 Å². The summed E-state index contributed by atoms with van der Waals surface area (Å²) in [6.07, 6.45) is 3.06. The van der Waals surface area contributed by atoms with Crippen molar-refractivity contribution in [3.05, 3.63) is 84.3 Å². The molecule has 38 heavy (non-hydrogen) atoms. The number of nitrogens with zero attached hydrogens (tertiary/aromatic N) is 1. The third kappa shape index (κ3) is 6.32. The first-order valence-corrected chi connectivity index (χ1v) is 16.1. The van der Waals surface area contributed by atoms with E-state index in [4.69, 9.17) is 14.5 Å². The van der Waals surface area contributed by atoms with Gasteiger partial charge in [-0.2, -0.15) is 0 Å².